The van der Waals surface area contributed by atoms with Crippen LogP contribution in [-0.2, 0) is 11.3 Å². The molecule has 0 unspecified atom stereocenters. The molecule has 1 amide bonds. The van der Waals surface area contributed by atoms with E-state index in [1.165, 1.54) is 25.8 Å². The molecule has 112 valence electrons. The van der Waals surface area contributed by atoms with Gasteiger partial charge in [0.05, 0.1) is 5.69 Å². The number of aliphatic carboxylic acids is 1. The molecule has 0 saturated heterocycles. The van der Waals surface area contributed by atoms with Gasteiger partial charge in [-0.25, -0.2) is 4.79 Å². The summed E-state index contributed by atoms with van der Waals surface area (Å²) in [5, 5.41) is 13.6. The van der Waals surface area contributed by atoms with Crippen LogP contribution in [0.25, 0.3) is 0 Å². The van der Waals surface area contributed by atoms with E-state index in [0.29, 0.717) is 12.2 Å². The third kappa shape index (κ3) is 2.84. The van der Waals surface area contributed by atoms with Gasteiger partial charge in [-0.15, -0.1) is 0 Å². The number of carbonyl (C=O) groups excluding carboxylic acids is 1. The van der Waals surface area contributed by atoms with Crippen molar-refractivity contribution in [1.82, 2.24) is 14.7 Å². The van der Waals surface area contributed by atoms with Crippen molar-refractivity contribution in [3.05, 3.63) is 17.5 Å². The third-order valence-electron chi connectivity index (χ3n) is 3.58. The molecule has 1 heterocycles. The third-order valence-corrected chi connectivity index (χ3v) is 3.58. The Morgan fingerprint density at radius 2 is 2.00 bits per heavy atom. The second kappa shape index (κ2) is 5.64. The van der Waals surface area contributed by atoms with Crippen LogP contribution in [0.3, 0.4) is 0 Å². The molecule has 1 aromatic rings. The Morgan fingerprint density at radius 1 is 1.45 bits per heavy atom. The van der Waals surface area contributed by atoms with Gasteiger partial charge in [0.15, 0.2) is 0 Å². The van der Waals surface area contributed by atoms with E-state index in [1.807, 2.05) is 20.8 Å². The van der Waals surface area contributed by atoms with Crippen molar-refractivity contribution in [1.29, 1.82) is 0 Å². The summed E-state index contributed by atoms with van der Waals surface area (Å²) in [7, 11) is 1.50. The number of carbonyl (C=O) groups is 2. The first-order valence-electron chi connectivity index (χ1n) is 6.72. The summed E-state index contributed by atoms with van der Waals surface area (Å²) in [4.78, 5) is 25.0. The molecule has 0 aromatic carbocycles. The number of hydrogen-bond acceptors (Lipinski definition) is 3. The molecule has 0 atom stereocenters. The Labute approximate surface area is 119 Å². The fourth-order valence-corrected chi connectivity index (χ4v) is 1.70. The second-order valence-electron chi connectivity index (χ2n) is 5.65. The summed E-state index contributed by atoms with van der Waals surface area (Å²) in [6.07, 6.45) is 0. The smallest absolute Gasteiger partial charge is 0.329 e. The highest BCUT2D eigenvalue weighted by atomic mass is 16.4. The second-order valence-corrected chi connectivity index (χ2v) is 5.65. The predicted molar refractivity (Wildman–Crippen MR) is 75.8 cm³/mol. The molecule has 0 radical (unpaired) electrons. The average Bonchev–Trinajstić information content (AvgIpc) is 2.80. The molecule has 0 bridgehead atoms. The number of likely N-dealkylation sites (N-methyl/N-ethyl adjacent to an activating group) is 1. The van der Waals surface area contributed by atoms with Crippen LogP contribution in [0.5, 0.6) is 0 Å². The number of nitrogens with zero attached hydrogens (tertiary/aromatic N) is 3. The number of amides is 1. The lowest BCUT2D eigenvalue weighted by Crippen LogP contribution is -2.51. The maximum atomic E-state index is 12.5. The van der Waals surface area contributed by atoms with E-state index in [-0.39, 0.29) is 11.8 Å². The molecule has 1 rings (SSSR count). The van der Waals surface area contributed by atoms with E-state index in [0.717, 1.165) is 5.69 Å². The van der Waals surface area contributed by atoms with Crippen molar-refractivity contribution >= 4 is 11.9 Å². The van der Waals surface area contributed by atoms with Crippen LogP contribution >= 0.6 is 0 Å². The number of aryl methyl sites for hydroxylation is 1. The summed E-state index contributed by atoms with van der Waals surface area (Å²) in [5.41, 5.74) is -0.0115. The molecular weight excluding hydrogens is 258 g/mol. The quantitative estimate of drug-likeness (QED) is 0.895. The van der Waals surface area contributed by atoms with Gasteiger partial charge < -0.3 is 10.0 Å². The highest BCUT2D eigenvalue weighted by Crippen LogP contribution is 2.20. The van der Waals surface area contributed by atoms with Gasteiger partial charge in [0.1, 0.15) is 11.2 Å². The molecule has 0 saturated carbocycles. The van der Waals surface area contributed by atoms with Crippen LogP contribution in [0.1, 0.15) is 56.7 Å². The fraction of sp³-hybridized carbons (Fsp3) is 0.643. The lowest BCUT2D eigenvalue weighted by Gasteiger charge is -2.31. The highest BCUT2D eigenvalue weighted by Gasteiger charge is 2.36. The summed E-state index contributed by atoms with van der Waals surface area (Å²) in [6, 6.07) is 1.74. The molecule has 1 N–H and O–H groups in total. The Hall–Kier alpha value is -1.85. The molecule has 6 heteroatoms. The molecule has 6 nitrogen and oxygen atoms in total. The number of hydrogen-bond donors (Lipinski definition) is 1. The number of aromatic nitrogens is 2. The van der Waals surface area contributed by atoms with Gasteiger partial charge in [0, 0.05) is 13.6 Å². The zero-order chi connectivity index (χ0) is 15.7. The van der Waals surface area contributed by atoms with Crippen LogP contribution in [0, 0.1) is 0 Å². The van der Waals surface area contributed by atoms with Gasteiger partial charge in [-0.3, -0.25) is 9.48 Å². The van der Waals surface area contributed by atoms with Crippen LogP contribution < -0.4 is 0 Å². The summed E-state index contributed by atoms with van der Waals surface area (Å²) in [5.74, 6) is -1.16. The van der Waals surface area contributed by atoms with Gasteiger partial charge in [0.2, 0.25) is 0 Å². The zero-order valence-corrected chi connectivity index (χ0v) is 13.0. The molecule has 0 aliphatic heterocycles. The van der Waals surface area contributed by atoms with E-state index in [2.05, 4.69) is 5.10 Å². The molecule has 0 aliphatic rings. The molecule has 0 fully saturated rings. The summed E-state index contributed by atoms with van der Waals surface area (Å²) < 4.78 is 1.62. The SMILES string of the molecule is CCn1nc(C(C)C)cc1C(=O)N(C)C(C)(C)C(=O)O. The Kier molecular flexibility index (Phi) is 4.57. The fourth-order valence-electron chi connectivity index (χ4n) is 1.70. The first-order chi connectivity index (χ1) is 9.12. The van der Waals surface area contributed by atoms with Gasteiger partial charge in [0.25, 0.3) is 5.91 Å². The first-order valence-corrected chi connectivity index (χ1v) is 6.72. The van der Waals surface area contributed by atoms with Crippen LogP contribution in [0.2, 0.25) is 0 Å². The standard InChI is InChI=1S/C14H23N3O3/c1-7-17-11(8-10(15-17)9(2)3)12(18)16(6)14(4,5)13(19)20/h8-9H,7H2,1-6H3,(H,19,20). The molecule has 0 spiro atoms. The number of carboxylic acid groups (broad SMARTS) is 1. The number of rotatable bonds is 5. The van der Waals surface area contributed by atoms with Crippen molar-refractivity contribution in [3.63, 3.8) is 0 Å². The van der Waals surface area contributed by atoms with Gasteiger partial charge >= 0.3 is 5.97 Å². The summed E-state index contributed by atoms with van der Waals surface area (Å²) >= 11 is 0. The molecule has 1 aromatic heterocycles. The van der Waals surface area contributed by atoms with E-state index in [1.54, 1.807) is 10.7 Å². The van der Waals surface area contributed by atoms with Crippen LogP contribution in [0.15, 0.2) is 6.07 Å². The van der Waals surface area contributed by atoms with E-state index < -0.39 is 11.5 Å². The van der Waals surface area contributed by atoms with E-state index in [4.69, 9.17) is 0 Å². The van der Waals surface area contributed by atoms with Gasteiger partial charge in [-0.2, -0.15) is 5.10 Å². The van der Waals surface area contributed by atoms with E-state index in [9.17, 15) is 14.7 Å². The normalized spacial score (nSPS) is 11.8. The first kappa shape index (κ1) is 16.2. The van der Waals surface area contributed by atoms with Crippen LogP contribution in [-0.4, -0.2) is 44.3 Å². The minimum atomic E-state index is -1.27. The number of carboxylic acids is 1. The van der Waals surface area contributed by atoms with E-state index >= 15 is 0 Å². The molecular formula is C14H23N3O3. The monoisotopic (exact) mass is 281 g/mol. The van der Waals surface area contributed by atoms with Gasteiger partial charge in [-0.05, 0) is 32.8 Å². The van der Waals surface area contributed by atoms with Gasteiger partial charge in [-0.1, -0.05) is 13.8 Å². The molecule has 20 heavy (non-hydrogen) atoms. The lowest BCUT2D eigenvalue weighted by molar-refractivity contribution is -0.147. The Bertz CT molecular complexity index is 518. The Balaban J connectivity index is 3.18. The molecule has 0 aliphatic carbocycles. The minimum absolute atomic E-state index is 0.215. The van der Waals surface area contributed by atoms with Crippen molar-refractivity contribution < 1.29 is 14.7 Å². The lowest BCUT2D eigenvalue weighted by atomic mass is 10.0. The topological polar surface area (TPSA) is 75.4 Å². The Morgan fingerprint density at radius 3 is 2.40 bits per heavy atom. The minimum Gasteiger partial charge on any atom is -0.480 e. The largest absolute Gasteiger partial charge is 0.480 e. The summed E-state index contributed by atoms with van der Waals surface area (Å²) in [6.45, 7) is 9.47. The zero-order valence-electron chi connectivity index (χ0n) is 13.0. The van der Waals surface area contributed by atoms with Crippen molar-refractivity contribution in [2.24, 2.45) is 0 Å². The van der Waals surface area contributed by atoms with Crippen LogP contribution in [0.4, 0.5) is 0 Å². The van der Waals surface area contributed by atoms with Crippen molar-refractivity contribution in [2.75, 3.05) is 7.05 Å². The maximum Gasteiger partial charge on any atom is 0.329 e. The maximum absolute atomic E-state index is 12.5. The van der Waals surface area contributed by atoms with Crippen molar-refractivity contribution in [2.45, 2.75) is 52.6 Å². The highest BCUT2D eigenvalue weighted by molar-refractivity contribution is 5.96. The van der Waals surface area contributed by atoms with Crippen molar-refractivity contribution in [3.8, 4) is 0 Å². The predicted octanol–water partition coefficient (Wildman–Crippen LogP) is 1.96. The average molecular weight is 281 g/mol.